The summed E-state index contributed by atoms with van der Waals surface area (Å²) in [7, 11) is 0. The lowest BCUT2D eigenvalue weighted by molar-refractivity contribution is 0.0698. The number of anilines is 3. The van der Waals surface area contributed by atoms with Crippen molar-refractivity contribution < 1.29 is 9.90 Å². The van der Waals surface area contributed by atoms with Gasteiger partial charge in [-0.15, -0.1) is 0 Å². The van der Waals surface area contributed by atoms with Gasteiger partial charge in [0.15, 0.2) is 0 Å². The summed E-state index contributed by atoms with van der Waals surface area (Å²) >= 11 is 0. The average Bonchev–Trinajstić information content (AvgIpc) is 2.61. The molecule has 0 aliphatic heterocycles. The minimum atomic E-state index is -0.995. The van der Waals surface area contributed by atoms with Crippen LogP contribution in [0.5, 0.6) is 0 Å². The summed E-state index contributed by atoms with van der Waals surface area (Å²) in [5.41, 5.74) is 1.75. The number of pyridine rings is 1. The van der Waals surface area contributed by atoms with Gasteiger partial charge in [0, 0.05) is 25.0 Å². The molecule has 0 radical (unpaired) electrons. The lowest BCUT2D eigenvalue weighted by Crippen LogP contribution is -2.07. The minimum Gasteiger partial charge on any atom is -0.478 e. The van der Waals surface area contributed by atoms with Gasteiger partial charge in [-0.05, 0) is 36.8 Å². The van der Waals surface area contributed by atoms with E-state index < -0.39 is 5.97 Å². The maximum Gasteiger partial charge on any atom is 0.337 e. The molecule has 1 aromatic carbocycles. The highest BCUT2D eigenvalue weighted by atomic mass is 16.4. The van der Waals surface area contributed by atoms with Crippen LogP contribution in [0.1, 0.15) is 21.7 Å². The van der Waals surface area contributed by atoms with Gasteiger partial charge in [0.2, 0.25) is 0 Å². The third-order valence-electron chi connectivity index (χ3n) is 3.48. The van der Waals surface area contributed by atoms with Crippen LogP contribution >= 0.6 is 0 Å². The van der Waals surface area contributed by atoms with Crippen LogP contribution in [0.2, 0.25) is 0 Å². The second-order valence-corrected chi connectivity index (χ2v) is 5.37. The van der Waals surface area contributed by atoms with Gasteiger partial charge in [-0.3, -0.25) is 4.98 Å². The van der Waals surface area contributed by atoms with Crippen molar-refractivity contribution in [3.63, 3.8) is 0 Å². The van der Waals surface area contributed by atoms with E-state index in [-0.39, 0.29) is 5.56 Å². The fourth-order valence-corrected chi connectivity index (χ4v) is 2.33. The predicted molar refractivity (Wildman–Crippen MR) is 95.0 cm³/mol. The number of nitrogens with one attached hydrogen (secondary N) is 2. The summed E-state index contributed by atoms with van der Waals surface area (Å²) in [5, 5.41) is 15.6. The second kappa shape index (κ2) is 7.39. The van der Waals surface area contributed by atoms with Crippen molar-refractivity contribution in [2.45, 2.75) is 13.5 Å². The Balaban J connectivity index is 1.79. The van der Waals surface area contributed by atoms with E-state index in [1.165, 1.54) is 0 Å². The van der Waals surface area contributed by atoms with Crippen molar-refractivity contribution in [2.75, 3.05) is 10.6 Å². The van der Waals surface area contributed by atoms with Crippen molar-refractivity contribution in [3.8, 4) is 0 Å². The molecule has 0 saturated heterocycles. The average molecular weight is 335 g/mol. The Morgan fingerprint density at radius 1 is 1.08 bits per heavy atom. The zero-order valence-corrected chi connectivity index (χ0v) is 13.6. The molecule has 126 valence electrons. The lowest BCUT2D eigenvalue weighted by atomic mass is 10.2. The van der Waals surface area contributed by atoms with Crippen LogP contribution in [0.3, 0.4) is 0 Å². The standard InChI is InChI=1S/C18H17N5O2/c1-12-21-16(20-11-13-6-8-19-9-7-13)10-17(22-12)23-15-5-3-2-4-14(15)18(24)25/h2-10H,11H2,1H3,(H,24,25)(H2,20,21,22,23). The number of rotatable bonds is 6. The number of benzene rings is 1. The zero-order chi connectivity index (χ0) is 17.6. The Labute approximate surface area is 144 Å². The molecule has 3 N–H and O–H groups in total. The molecule has 0 spiro atoms. The number of aryl methyl sites for hydroxylation is 1. The van der Waals surface area contributed by atoms with E-state index in [0.717, 1.165) is 5.56 Å². The predicted octanol–water partition coefficient (Wildman–Crippen LogP) is 3.23. The van der Waals surface area contributed by atoms with Gasteiger partial charge >= 0.3 is 5.97 Å². The zero-order valence-electron chi connectivity index (χ0n) is 13.6. The molecule has 0 aliphatic rings. The Morgan fingerprint density at radius 2 is 1.80 bits per heavy atom. The van der Waals surface area contributed by atoms with Crippen LogP contribution in [0.15, 0.2) is 54.9 Å². The summed E-state index contributed by atoms with van der Waals surface area (Å²) in [6, 6.07) is 12.3. The molecule has 0 unspecified atom stereocenters. The number of nitrogens with zero attached hydrogens (tertiary/aromatic N) is 3. The quantitative estimate of drug-likeness (QED) is 0.636. The molecule has 0 aliphatic carbocycles. The molecular formula is C18H17N5O2. The number of carboxylic acids is 1. The second-order valence-electron chi connectivity index (χ2n) is 5.37. The molecule has 2 heterocycles. The van der Waals surface area contributed by atoms with E-state index >= 15 is 0 Å². The molecular weight excluding hydrogens is 318 g/mol. The molecule has 0 saturated carbocycles. The number of hydrogen-bond acceptors (Lipinski definition) is 6. The molecule has 0 bridgehead atoms. The van der Waals surface area contributed by atoms with Crippen LogP contribution < -0.4 is 10.6 Å². The summed E-state index contributed by atoms with van der Waals surface area (Å²) in [5.74, 6) is 0.762. The summed E-state index contributed by atoms with van der Waals surface area (Å²) < 4.78 is 0. The van der Waals surface area contributed by atoms with E-state index in [4.69, 9.17) is 0 Å². The molecule has 7 heteroatoms. The molecule has 25 heavy (non-hydrogen) atoms. The summed E-state index contributed by atoms with van der Waals surface area (Å²) in [4.78, 5) is 24.0. The Hall–Kier alpha value is -3.48. The van der Waals surface area contributed by atoms with E-state index in [9.17, 15) is 9.90 Å². The summed E-state index contributed by atoms with van der Waals surface area (Å²) in [6.45, 7) is 2.38. The van der Waals surface area contributed by atoms with Crippen LogP contribution in [-0.2, 0) is 6.54 Å². The minimum absolute atomic E-state index is 0.185. The van der Waals surface area contributed by atoms with Gasteiger partial charge in [-0.25, -0.2) is 14.8 Å². The Bertz CT molecular complexity index is 884. The number of aromatic carboxylic acids is 1. The highest BCUT2D eigenvalue weighted by molar-refractivity contribution is 5.95. The van der Waals surface area contributed by atoms with Gasteiger partial charge in [0.1, 0.15) is 17.5 Å². The number of hydrogen-bond donors (Lipinski definition) is 3. The van der Waals surface area contributed by atoms with Crippen LogP contribution in [0, 0.1) is 6.92 Å². The van der Waals surface area contributed by atoms with E-state index in [2.05, 4.69) is 25.6 Å². The molecule has 3 aromatic rings. The highest BCUT2D eigenvalue weighted by Gasteiger charge is 2.10. The molecule has 0 fully saturated rings. The number of carbonyl (C=O) groups is 1. The van der Waals surface area contributed by atoms with E-state index in [1.54, 1.807) is 49.6 Å². The van der Waals surface area contributed by atoms with Crippen LogP contribution in [0.25, 0.3) is 0 Å². The first-order valence-corrected chi connectivity index (χ1v) is 7.69. The highest BCUT2D eigenvalue weighted by Crippen LogP contribution is 2.21. The Morgan fingerprint density at radius 3 is 2.56 bits per heavy atom. The van der Waals surface area contributed by atoms with Crippen LogP contribution in [0.4, 0.5) is 17.3 Å². The van der Waals surface area contributed by atoms with E-state index in [0.29, 0.717) is 29.7 Å². The monoisotopic (exact) mass is 335 g/mol. The molecule has 3 rings (SSSR count). The number of para-hydroxylation sites is 1. The fourth-order valence-electron chi connectivity index (χ4n) is 2.33. The smallest absolute Gasteiger partial charge is 0.337 e. The molecule has 0 atom stereocenters. The number of aromatic nitrogens is 3. The maximum atomic E-state index is 11.3. The maximum absolute atomic E-state index is 11.3. The first-order valence-electron chi connectivity index (χ1n) is 7.69. The van der Waals surface area contributed by atoms with Crippen molar-refractivity contribution in [1.29, 1.82) is 0 Å². The van der Waals surface area contributed by atoms with Gasteiger partial charge < -0.3 is 15.7 Å². The third kappa shape index (κ3) is 4.29. The number of carboxylic acid groups (broad SMARTS) is 1. The van der Waals surface area contributed by atoms with Gasteiger partial charge in [0.25, 0.3) is 0 Å². The molecule has 0 amide bonds. The molecule has 2 aromatic heterocycles. The van der Waals surface area contributed by atoms with Crippen LogP contribution in [-0.4, -0.2) is 26.0 Å². The fraction of sp³-hybridized carbons (Fsp3) is 0.111. The van der Waals surface area contributed by atoms with Gasteiger partial charge in [0.05, 0.1) is 11.3 Å². The van der Waals surface area contributed by atoms with Gasteiger partial charge in [-0.1, -0.05) is 12.1 Å². The normalized spacial score (nSPS) is 10.3. The van der Waals surface area contributed by atoms with Crippen molar-refractivity contribution in [2.24, 2.45) is 0 Å². The van der Waals surface area contributed by atoms with Gasteiger partial charge in [-0.2, -0.15) is 0 Å². The molecule has 7 nitrogen and oxygen atoms in total. The lowest BCUT2D eigenvalue weighted by Gasteiger charge is -2.11. The van der Waals surface area contributed by atoms with Crippen molar-refractivity contribution >= 4 is 23.3 Å². The third-order valence-corrected chi connectivity index (χ3v) is 3.48. The first-order chi connectivity index (χ1) is 12.1. The topological polar surface area (TPSA) is 100 Å². The van der Waals surface area contributed by atoms with Crippen molar-refractivity contribution in [3.05, 3.63) is 71.8 Å². The van der Waals surface area contributed by atoms with Crippen molar-refractivity contribution in [1.82, 2.24) is 15.0 Å². The first kappa shape index (κ1) is 16.4. The SMILES string of the molecule is Cc1nc(NCc2ccncc2)cc(Nc2ccccc2C(=O)O)n1. The van der Waals surface area contributed by atoms with E-state index in [1.807, 2.05) is 12.1 Å². The Kier molecular flexibility index (Phi) is 4.84. The largest absolute Gasteiger partial charge is 0.478 e. The summed E-state index contributed by atoms with van der Waals surface area (Å²) in [6.07, 6.45) is 3.47.